The maximum Gasteiger partial charge on any atom is 0.271 e. The molecule has 4 aromatic rings. The van der Waals surface area contributed by atoms with Gasteiger partial charge in [0, 0.05) is 22.1 Å². The van der Waals surface area contributed by atoms with Gasteiger partial charge in [0.15, 0.2) is 0 Å². The van der Waals surface area contributed by atoms with Gasteiger partial charge in [-0.15, -0.1) is 0 Å². The molecule has 0 unspecified atom stereocenters. The van der Waals surface area contributed by atoms with Crippen molar-refractivity contribution in [2.45, 2.75) is 18.1 Å². The van der Waals surface area contributed by atoms with Gasteiger partial charge >= 0.3 is 0 Å². The fourth-order valence-corrected chi connectivity index (χ4v) is 4.46. The highest BCUT2D eigenvalue weighted by atomic mass is 35.5. The van der Waals surface area contributed by atoms with Crippen molar-refractivity contribution in [1.29, 1.82) is 0 Å². The second kappa shape index (κ2) is 12.8. The predicted octanol–water partition coefficient (Wildman–Crippen LogP) is 7.12. The molecule has 176 valence electrons. The minimum Gasteiger partial charge on any atom is -0.489 e. The number of benzene rings is 4. The van der Waals surface area contributed by atoms with Crippen molar-refractivity contribution in [1.82, 2.24) is 5.43 Å². The fourth-order valence-electron chi connectivity index (χ4n) is 3.29. The van der Waals surface area contributed by atoms with Crippen molar-refractivity contribution in [2.75, 3.05) is 0 Å². The minimum absolute atomic E-state index is 0.244. The lowest BCUT2D eigenvalue weighted by Gasteiger charge is -2.07. The van der Waals surface area contributed by atoms with Gasteiger partial charge in [-0.1, -0.05) is 66.2 Å². The molecule has 0 heterocycles. The molecule has 0 aromatic heterocycles. The lowest BCUT2D eigenvalue weighted by atomic mass is 10.1. The Morgan fingerprint density at radius 2 is 1.51 bits per heavy atom. The summed E-state index contributed by atoms with van der Waals surface area (Å²) in [7, 11) is 0. The number of halogens is 1. The summed E-state index contributed by atoms with van der Waals surface area (Å²) in [6, 6.07) is 33.1. The van der Waals surface area contributed by atoms with Crippen molar-refractivity contribution in [3.05, 3.63) is 136 Å². The fraction of sp³-hybridized carbons (Fsp3) is 0.103. The van der Waals surface area contributed by atoms with Crippen molar-refractivity contribution in [3.8, 4) is 5.75 Å². The van der Waals surface area contributed by atoms with E-state index in [1.54, 1.807) is 6.21 Å². The van der Waals surface area contributed by atoms with Gasteiger partial charge in [0.2, 0.25) is 0 Å². The molecule has 0 aliphatic rings. The lowest BCUT2D eigenvalue weighted by Crippen LogP contribution is -2.17. The second-order valence-electron chi connectivity index (χ2n) is 7.86. The molecule has 0 fully saturated rings. The number of carbonyl (C=O) groups excluding carboxylic acids is 1. The molecule has 0 saturated heterocycles. The van der Waals surface area contributed by atoms with E-state index in [1.807, 2.05) is 90.6 Å². The Bertz CT molecular complexity index is 1260. The number of rotatable bonds is 10. The maximum atomic E-state index is 12.4. The smallest absolute Gasteiger partial charge is 0.271 e. The van der Waals surface area contributed by atoms with Crippen LogP contribution in [0.4, 0.5) is 0 Å². The van der Waals surface area contributed by atoms with Crippen LogP contribution >= 0.6 is 23.4 Å². The highest BCUT2D eigenvalue weighted by Gasteiger charge is 2.04. The molecule has 0 radical (unpaired) electrons. The monoisotopic (exact) mass is 500 g/mol. The third-order valence-electron chi connectivity index (χ3n) is 5.15. The summed E-state index contributed by atoms with van der Waals surface area (Å²) in [5.41, 5.74) is 7.51. The highest BCUT2D eigenvalue weighted by molar-refractivity contribution is 7.97. The van der Waals surface area contributed by atoms with Crippen LogP contribution in [-0.4, -0.2) is 12.1 Å². The molecular formula is C29H25ClN2O2S. The number of ether oxygens (including phenoxy) is 1. The van der Waals surface area contributed by atoms with Gasteiger partial charge in [-0.3, -0.25) is 4.79 Å². The quantitative estimate of drug-likeness (QED) is 0.186. The average molecular weight is 501 g/mol. The Morgan fingerprint density at radius 1 is 0.829 bits per heavy atom. The molecule has 1 amide bonds. The third-order valence-corrected chi connectivity index (χ3v) is 6.46. The van der Waals surface area contributed by atoms with Crippen LogP contribution in [0, 0.1) is 0 Å². The standard InChI is InChI=1S/C29H25ClN2O2S/c30-27-8-4-7-25(17-27)19-34-28-15-11-22(12-16-28)18-31-32-29(33)26-13-9-24(10-14-26)21-35-20-23-5-2-1-3-6-23/h1-18H,19-21H2,(H,32,33)/b31-18-. The van der Waals surface area contributed by atoms with Crippen molar-refractivity contribution < 1.29 is 9.53 Å². The summed E-state index contributed by atoms with van der Waals surface area (Å²) in [6.45, 7) is 0.439. The first kappa shape index (κ1) is 24.6. The first-order valence-electron chi connectivity index (χ1n) is 11.2. The molecule has 0 aliphatic carbocycles. The summed E-state index contributed by atoms with van der Waals surface area (Å²) in [6.07, 6.45) is 1.60. The van der Waals surface area contributed by atoms with Crippen LogP contribution in [0.25, 0.3) is 0 Å². The first-order valence-corrected chi connectivity index (χ1v) is 12.7. The number of nitrogens with zero attached hydrogens (tertiary/aromatic N) is 1. The molecule has 0 aliphatic heterocycles. The molecule has 1 N–H and O–H groups in total. The number of hydrazone groups is 1. The van der Waals surface area contributed by atoms with Gasteiger partial charge < -0.3 is 4.74 Å². The van der Waals surface area contributed by atoms with Crippen LogP contribution in [0.5, 0.6) is 5.75 Å². The van der Waals surface area contributed by atoms with Crippen LogP contribution in [0.2, 0.25) is 5.02 Å². The number of hydrogen-bond donors (Lipinski definition) is 1. The van der Waals surface area contributed by atoms with E-state index in [2.05, 4.69) is 34.8 Å². The second-order valence-corrected chi connectivity index (χ2v) is 9.28. The number of amides is 1. The molecule has 4 nitrogen and oxygen atoms in total. The third kappa shape index (κ3) is 8.02. The van der Waals surface area contributed by atoms with Crippen LogP contribution in [0.1, 0.15) is 32.6 Å². The Balaban J connectivity index is 1.21. The number of carbonyl (C=O) groups is 1. The Labute approximate surface area is 215 Å². The van der Waals surface area contributed by atoms with Gasteiger partial charge in [0.05, 0.1) is 6.21 Å². The van der Waals surface area contributed by atoms with Crippen molar-refractivity contribution in [3.63, 3.8) is 0 Å². The largest absolute Gasteiger partial charge is 0.489 e. The number of thioether (sulfide) groups is 1. The molecule has 6 heteroatoms. The Morgan fingerprint density at radius 3 is 2.23 bits per heavy atom. The Hall–Kier alpha value is -3.54. The van der Waals surface area contributed by atoms with Crippen LogP contribution in [-0.2, 0) is 18.1 Å². The van der Waals surface area contributed by atoms with Gasteiger partial charge in [-0.25, -0.2) is 5.43 Å². The van der Waals surface area contributed by atoms with E-state index >= 15 is 0 Å². The Kier molecular flexibility index (Phi) is 8.98. The van der Waals surface area contributed by atoms with Gasteiger partial charge in [0.25, 0.3) is 5.91 Å². The predicted molar refractivity (Wildman–Crippen MR) is 145 cm³/mol. The molecule has 0 saturated carbocycles. The van der Waals surface area contributed by atoms with Gasteiger partial charge in [0.1, 0.15) is 12.4 Å². The van der Waals surface area contributed by atoms with Crippen LogP contribution in [0.3, 0.4) is 0 Å². The topological polar surface area (TPSA) is 50.7 Å². The summed E-state index contributed by atoms with van der Waals surface area (Å²) in [5.74, 6) is 2.36. The van der Waals surface area contributed by atoms with E-state index in [-0.39, 0.29) is 5.91 Å². The molecule has 0 bridgehead atoms. The van der Waals surface area contributed by atoms with Gasteiger partial charge in [-0.05, 0) is 70.8 Å². The number of hydrogen-bond acceptors (Lipinski definition) is 4. The van der Waals surface area contributed by atoms with E-state index in [0.717, 1.165) is 28.4 Å². The zero-order valence-electron chi connectivity index (χ0n) is 19.1. The van der Waals surface area contributed by atoms with E-state index < -0.39 is 0 Å². The molecule has 35 heavy (non-hydrogen) atoms. The van der Waals surface area contributed by atoms with Gasteiger partial charge in [-0.2, -0.15) is 16.9 Å². The van der Waals surface area contributed by atoms with E-state index in [4.69, 9.17) is 16.3 Å². The zero-order valence-corrected chi connectivity index (χ0v) is 20.6. The summed E-state index contributed by atoms with van der Waals surface area (Å²) in [5, 5.41) is 4.76. The molecule has 0 atom stereocenters. The molecule has 4 rings (SSSR count). The lowest BCUT2D eigenvalue weighted by molar-refractivity contribution is 0.0955. The molecule has 0 spiro atoms. The zero-order chi connectivity index (χ0) is 24.3. The molecule has 4 aromatic carbocycles. The van der Waals surface area contributed by atoms with Crippen LogP contribution in [0.15, 0.2) is 108 Å². The number of nitrogens with one attached hydrogen (secondary N) is 1. The summed E-state index contributed by atoms with van der Waals surface area (Å²) in [4.78, 5) is 12.4. The maximum absolute atomic E-state index is 12.4. The van der Waals surface area contributed by atoms with E-state index in [0.29, 0.717) is 17.2 Å². The van der Waals surface area contributed by atoms with E-state index in [9.17, 15) is 4.79 Å². The highest BCUT2D eigenvalue weighted by Crippen LogP contribution is 2.18. The summed E-state index contributed by atoms with van der Waals surface area (Å²) < 4.78 is 5.78. The van der Waals surface area contributed by atoms with E-state index in [1.165, 1.54) is 11.1 Å². The normalized spacial score (nSPS) is 10.9. The van der Waals surface area contributed by atoms with Crippen molar-refractivity contribution >= 4 is 35.5 Å². The minimum atomic E-state index is -0.244. The molecular weight excluding hydrogens is 476 g/mol. The average Bonchev–Trinajstić information content (AvgIpc) is 2.89. The van der Waals surface area contributed by atoms with Crippen molar-refractivity contribution in [2.24, 2.45) is 5.10 Å². The summed E-state index contributed by atoms with van der Waals surface area (Å²) >= 11 is 7.85. The first-order chi connectivity index (χ1) is 17.2. The van der Waals surface area contributed by atoms with Crippen LogP contribution < -0.4 is 10.2 Å². The SMILES string of the molecule is O=C(N/N=C\c1ccc(OCc2cccc(Cl)c2)cc1)c1ccc(CSCc2ccccc2)cc1.